The van der Waals surface area contributed by atoms with Gasteiger partial charge in [-0.15, -0.1) is 0 Å². The molecule has 1 aliphatic carbocycles. The van der Waals surface area contributed by atoms with E-state index in [9.17, 15) is 9.59 Å². The molecule has 0 bridgehead atoms. The fourth-order valence-electron chi connectivity index (χ4n) is 16.0. The number of piperazine rings is 1. The van der Waals surface area contributed by atoms with Crippen molar-refractivity contribution in [1.29, 1.82) is 0 Å². The SMILES string of the molecule is C=C1NN=C2c3c(cccc31)CC(c1ccc(CN(CC)CC)cc1)C2c1cccc(CN(CC)CC)c1.CCCn1ccnc1C1C2=NCC(=O)c3cccc(c32)NC1c1ccccc1.CN1CCN(Cc2cccc(C3c4n[nH]c(=O)c5cccc(c45)NC3c3ccccc3)c2)CC1. The minimum atomic E-state index is -0.150. The van der Waals surface area contributed by atoms with E-state index in [2.05, 4.69) is 238 Å². The van der Waals surface area contributed by atoms with Crippen LogP contribution in [0.4, 0.5) is 11.4 Å². The molecule has 100 heavy (non-hydrogen) atoms. The Kier molecular flexibility index (Phi) is 20.4. The van der Waals surface area contributed by atoms with Crippen LogP contribution in [0.2, 0.25) is 0 Å². The molecule has 5 aliphatic heterocycles. The minimum Gasteiger partial charge on any atom is -0.377 e. The molecule has 6 aliphatic rings. The molecule has 1 saturated heterocycles. The summed E-state index contributed by atoms with van der Waals surface area (Å²) in [6.07, 6.45) is 5.93. The monoisotopic (exact) mass is 1330 g/mol. The standard InChI is InChI=1S/C34H42N4.C28H29N5O.C23H22N4O/c1-6-37(7-2)22-25-16-18-27(19-17-25)31-21-29-14-11-15-30-24(5)35-36-34(32(29)30)33(31)28-13-10-12-26(20-28)23-38(8-3)9-4;1-32-13-15-33(16-14-32)18-19-7-5-10-21(17-19)24-26(20-8-3-2-4-9-20)29-23-12-6-11-22-25(23)27(24)30-31-28(22)34;1-2-12-27-13-11-24-23(27)20-21(15-7-4-3-5-8-15)26-17-10-6-9-16-18(28)14-25-22(20)19(16)17/h10-20,31,33,35H,5-9,21-23H2,1-4H3;2-12,17,24,26,29H,13-16,18H2,1H3,(H,31,34);3-11,13,20-21,26H,2,12,14H2,1H3. The number of H-pyrrole nitrogens is 1. The summed E-state index contributed by atoms with van der Waals surface area (Å²) >= 11 is 0. The molecule has 0 spiro atoms. The molecule has 1 fully saturated rings. The Morgan fingerprint density at radius 2 is 1.18 bits per heavy atom. The van der Waals surface area contributed by atoms with Gasteiger partial charge in [-0.3, -0.25) is 34.7 Å². The van der Waals surface area contributed by atoms with Crippen molar-refractivity contribution >= 4 is 45.1 Å². The van der Waals surface area contributed by atoms with E-state index >= 15 is 0 Å². The molecule has 0 saturated carbocycles. The number of benzene rings is 8. The molecule has 8 aromatic carbocycles. The van der Waals surface area contributed by atoms with Gasteiger partial charge < -0.3 is 20.1 Å². The van der Waals surface area contributed by atoms with Gasteiger partial charge in [0.25, 0.3) is 5.56 Å². The van der Waals surface area contributed by atoms with Gasteiger partial charge in [0.05, 0.1) is 52.1 Å². The normalized spacial score (nSPS) is 19.8. The molecule has 15 heteroatoms. The molecule has 6 atom stereocenters. The van der Waals surface area contributed by atoms with Crippen molar-refractivity contribution in [2.75, 3.05) is 76.6 Å². The highest BCUT2D eigenvalue weighted by atomic mass is 16.1. The number of rotatable bonds is 18. The summed E-state index contributed by atoms with van der Waals surface area (Å²) in [5, 5.41) is 21.4. The second kappa shape index (κ2) is 30.3. The summed E-state index contributed by atoms with van der Waals surface area (Å²) in [4.78, 5) is 44.4. The number of carbonyl (C=O) groups excluding carboxylic acids is 1. The molecular weight excluding hydrogens is 1240 g/mol. The maximum atomic E-state index is 12.6. The van der Waals surface area contributed by atoms with Crippen LogP contribution in [-0.4, -0.2) is 123 Å². The van der Waals surface area contributed by atoms with E-state index in [1.807, 2.05) is 60.9 Å². The van der Waals surface area contributed by atoms with Crippen LogP contribution in [0.3, 0.4) is 0 Å². The molecule has 0 amide bonds. The molecule has 15 nitrogen and oxygen atoms in total. The number of anilines is 2. The van der Waals surface area contributed by atoms with Crippen LogP contribution >= 0.6 is 0 Å². The number of aromatic amines is 1. The van der Waals surface area contributed by atoms with E-state index in [4.69, 9.17) is 15.1 Å². The molecule has 4 N–H and O–H groups in total. The highest BCUT2D eigenvalue weighted by Gasteiger charge is 2.43. The van der Waals surface area contributed by atoms with Crippen LogP contribution in [0, 0.1) is 0 Å². The second-order valence-corrected chi connectivity index (χ2v) is 27.5. The van der Waals surface area contributed by atoms with Crippen LogP contribution in [0.25, 0.3) is 16.5 Å². The third-order valence-corrected chi connectivity index (χ3v) is 21.4. The van der Waals surface area contributed by atoms with E-state index in [1.54, 1.807) is 0 Å². The number of nitrogens with zero attached hydrogens (tertiary/aromatic N) is 9. The maximum absolute atomic E-state index is 12.6. The van der Waals surface area contributed by atoms with E-state index in [0.717, 1.165) is 148 Å². The zero-order valence-electron chi connectivity index (χ0n) is 58.7. The van der Waals surface area contributed by atoms with Crippen molar-refractivity contribution in [3.8, 4) is 0 Å². The van der Waals surface area contributed by atoms with E-state index in [1.165, 1.54) is 61.2 Å². The van der Waals surface area contributed by atoms with Crippen molar-refractivity contribution < 1.29 is 4.79 Å². The number of aromatic nitrogens is 4. The Morgan fingerprint density at radius 3 is 1.89 bits per heavy atom. The van der Waals surface area contributed by atoms with Crippen molar-refractivity contribution in [1.82, 2.24) is 44.8 Å². The summed E-state index contributed by atoms with van der Waals surface area (Å²) < 4.78 is 2.22. The Labute approximate surface area is 588 Å². The average Bonchev–Trinajstić information content (AvgIpc) is 0.896. The number of nitrogens with one attached hydrogen (secondary N) is 4. The van der Waals surface area contributed by atoms with E-state index in [-0.39, 0.29) is 47.7 Å². The number of carbonyl (C=O) groups is 1. The fourth-order valence-corrected chi connectivity index (χ4v) is 16.0. The number of hydrogen-bond donors (Lipinski definition) is 4. The largest absolute Gasteiger partial charge is 0.377 e. The van der Waals surface area contributed by atoms with Crippen molar-refractivity contribution in [2.24, 2.45) is 10.1 Å². The van der Waals surface area contributed by atoms with E-state index in [0.29, 0.717) is 11.3 Å². The Balaban J connectivity index is 0.000000129. The van der Waals surface area contributed by atoms with Gasteiger partial charge in [-0.2, -0.15) is 10.2 Å². The van der Waals surface area contributed by atoms with Crippen LogP contribution in [-0.2, 0) is 32.6 Å². The van der Waals surface area contributed by atoms with Gasteiger partial charge in [0.15, 0.2) is 5.78 Å². The first kappa shape index (κ1) is 67.3. The predicted molar refractivity (Wildman–Crippen MR) is 407 cm³/mol. The predicted octanol–water partition coefficient (Wildman–Crippen LogP) is 15.0. The highest BCUT2D eigenvalue weighted by molar-refractivity contribution is 6.21. The molecule has 0 radical (unpaired) electrons. The molecule has 16 rings (SSSR count). The number of likely N-dealkylation sites (N-methyl/N-ethyl adjacent to an activating group) is 1. The molecule has 6 unspecified atom stereocenters. The summed E-state index contributed by atoms with van der Waals surface area (Å²) in [5.74, 6) is 1.49. The Hall–Kier alpha value is -9.90. The number of aliphatic imine (C=N–C) groups is 1. The molecule has 510 valence electrons. The van der Waals surface area contributed by atoms with Crippen molar-refractivity contribution in [3.05, 3.63) is 301 Å². The molecule has 2 aromatic heterocycles. The van der Waals surface area contributed by atoms with Crippen LogP contribution < -0.4 is 21.6 Å². The maximum Gasteiger partial charge on any atom is 0.272 e. The minimum absolute atomic E-state index is 0.00825. The van der Waals surface area contributed by atoms with Gasteiger partial charge in [-0.05, 0) is 114 Å². The smallest absolute Gasteiger partial charge is 0.272 e. The van der Waals surface area contributed by atoms with Gasteiger partial charge in [-0.25, -0.2) is 10.1 Å². The lowest BCUT2D eigenvalue weighted by Crippen LogP contribution is -2.43. The van der Waals surface area contributed by atoms with Crippen molar-refractivity contribution in [2.45, 2.75) is 109 Å². The zero-order chi connectivity index (χ0) is 68.8. The average molecular weight is 1330 g/mol. The first-order valence-electron chi connectivity index (χ1n) is 36.1. The summed E-state index contributed by atoms with van der Waals surface area (Å²) in [6, 6.07) is 66.9. The lowest BCUT2D eigenvalue weighted by Gasteiger charge is -2.38. The van der Waals surface area contributed by atoms with Gasteiger partial charge in [0.1, 0.15) is 12.4 Å². The van der Waals surface area contributed by atoms with Crippen LogP contribution in [0.5, 0.6) is 0 Å². The quantitative estimate of drug-likeness (QED) is 0.0649. The molecule has 7 heterocycles. The van der Waals surface area contributed by atoms with E-state index < -0.39 is 0 Å². The number of aryl methyl sites for hydroxylation is 1. The number of hydrazone groups is 1. The molecule has 10 aromatic rings. The van der Waals surface area contributed by atoms with Crippen LogP contribution in [0.15, 0.2) is 222 Å². The summed E-state index contributed by atoms with van der Waals surface area (Å²) in [5.41, 5.74) is 24.9. The van der Waals surface area contributed by atoms with Crippen molar-refractivity contribution in [3.63, 3.8) is 0 Å². The summed E-state index contributed by atoms with van der Waals surface area (Å²) in [7, 11) is 2.19. The second-order valence-electron chi connectivity index (χ2n) is 27.5. The number of Topliss-reactive ketones (excluding diaryl/α,β-unsaturated/α-hetero) is 1. The number of ketones is 1. The lowest BCUT2D eigenvalue weighted by atomic mass is 9.67. The van der Waals surface area contributed by atoms with Gasteiger partial charge in [0.2, 0.25) is 0 Å². The number of hydrogen-bond acceptors (Lipinski definition) is 13. The Morgan fingerprint density at radius 1 is 0.570 bits per heavy atom. The first-order chi connectivity index (χ1) is 49.0. The first-order valence-corrected chi connectivity index (χ1v) is 36.1. The fraction of sp³-hybridized carbons (Fsp3) is 0.318. The lowest BCUT2D eigenvalue weighted by molar-refractivity contribution is 0.0999. The topological polar surface area (TPSA) is 154 Å². The van der Waals surface area contributed by atoms with Crippen LogP contribution in [0.1, 0.15) is 165 Å². The van der Waals surface area contributed by atoms with Gasteiger partial charge >= 0.3 is 0 Å². The molecular formula is C85H93N13O2. The number of imidazole rings is 1. The third-order valence-electron chi connectivity index (χ3n) is 21.4. The third kappa shape index (κ3) is 13.8. The summed E-state index contributed by atoms with van der Waals surface area (Å²) in [6.45, 7) is 28.1. The highest BCUT2D eigenvalue weighted by Crippen LogP contribution is 2.49. The zero-order valence-corrected chi connectivity index (χ0v) is 58.7. The van der Waals surface area contributed by atoms with Gasteiger partial charge in [-0.1, -0.05) is 211 Å². The van der Waals surface area contributed by atoms with Gasteiger partial charge in [0, 0.05) is 116 Å². The Bertz CT molecular complexity index is 4680.